The molecule has 0 bridgehead atoms. The molecule has 1 saturated carbocycles. The second-order valence-electron chi connectivity index (χ2n) is 3.72. The van der Waals surface area contributed by atoms with Crippen LogP contribution in [0, 0.1) is 12.8 Å². The predicted molar refractivity (Wildman–Crippen MR) is 49.1 cm³/mol. The molecule has 1 fully saturated rings. The molecule has 0 saturated heterocycles. The lowest BCUT2D eigenvalue weighted by Crippen LogP contribution is -2.20. The van der Waals surface area contributed by atoms with Gasteiger partial charge in [0.2, 0.25) is 0 Å². The fraction of sp³-hybridized carbons (Fsp3) is 0.600. The van der Waals surface area contributed by atoms with Crippen LogP contribution in [0.25, 0.3) is 0 Å². The number of aliphatic hydroxyl groups excluding tert-OH is 1. The summed E-state index contributed by atoms with van der Waals surface area (Å²) in [5, 5.41) is 9.83. The maximum absolute atomic E-state index is 9.83. The van der Waals surface area contributed by atoms with Gasteiger partial charge >= 0.3 is 0 Å². The smallest absolute Gasteiger partial charge is 0.100 e. The first kappa shape index (κ1) is 8.63. The van der Waals surface area contributed by atoms with Gasteiger partial charge in [0.05, 0.1) is 17.6 Å². The van der Waals surface area contributed by atoms with Gasteiger partial charge in [-0.2, -0.15) is 0 Å². The van der Waals surface area contributed by atoms with Gasteiger partial charge in [0.25, 0.3) is 0 Å². The second-order valence-corrected chi connectivity index (χ2v) is 3.72. The summed E-state index contributed by atoms with van der Waals surface area (Å²) in [4.78, 5) is 8.29. The minimum Gasteiger partial charge on any atom is -0.386 e. The van der Waals surface area contributed by atoms with Gasteiger partial charge in [-0.05, 0) is 25.7 Å². The van der Waals surface area contributed by atoms with Gasteiger partial charge < -0.3 is 5.11 Å². The highest BCUT2D eigenvalue weighted by Crippen LogP contribution is 2.36. The monoisotopic (exact) mass is 178 g/mol. The third-order valence-electron chi connectivity index (χ3n) is 2.70. The molecule has 13 heavy (non-hydrogen) atoms. The van der Waals surface area contributed by atoms with E-state index in [2.05, 4.69) is 9.97 Å². The van der Waals surface area contributed by atoms with Gasteiger partial charge in [0, 0.05) is 6.20 Å². The topological polar surface area (TPSA) is 46.0 Å². The van der Waals surface area contributed by atoms with Crippen molar-refractivity contribution in [3.8, 4) is 0 Å². The van der Waals surface area contributed by atoms with Gasteiger partial charge in [-0.3, -0.25) is 9.97 Å². The van der Waals surface area contributed by atoms with E-state index < -0.39 is 6.10 Å². The Hall–Kier alpha value is -0.960. The van der Waals surface area contributed by atoms with Crippen LogP contribution in [0.5, 0.6) is 0 Å². The Morgan fingerprint density at radius 2 is 2.15 bits per heavy atom. The van der Waals surface area contributed by atoms with E-state index in [1.54, 1.807) is 12.4 Å². The summed E-state index contributed by atoms with van der Waals surface area (Å²) in [7, 11) is 0. The van der Waals surface area contributed by atoms with E-state index in [1.165, 1.54) is 6.42 Å². The van der Waals surface area contributed by atoms with Gasteiger partial charge in [-0.25, -0.2) is 0 Å². The largest absolute Gasteiger partial charge is 0.386 e. The van der Waals surface area contributed by atoms with E-state index in [0.717, 1.165) is 24.2 Å². The zero-order valence-corrected chi connectivity index (χ0v) is 7.77. The highest BCUT2D eigenvalue weighted by Gasteiger charge is 2.27. The molecule has 3 nitrogen and oxygen atoms in total. The third-order valence-corrected chi connectivity index (χ3v) is 2.70. The number of aromatic nitrogens is 2. The van der Waals surface area contributed by atoms with Gasteiger partial charge in [-0.1, -0.05) is 6.42 Å². The molecule has 1 aliphatic rings. The third kappa shape index (κ3) is 1.70. The molecule has 1 atom stereocenters. The van der Waals surface area contributed by atoms with Crippen LogP contribution in [0.15, 0.2) is 12.4 Å². The Balaban J connectivity index is 2.10. The average Bonchev–Trinajstić information content (AvgIpc) is 2.02. The van der Waals surface area contributed by atoms with Crippen molar-refractivity contribution in [1.29, 1.82) is 0 Å². The summed E-state index contributed by atoms with van der Waals surface area (Å²) >= 11 is 0. The quantitative estimate of drug-likeness (QED) is 0.748. The summed E-state index contributed by atoms with van der Waals surface area (Å²) in [5.41, 5.74) is 1.61. The summed E-state index contributed by atoms with van der Waals surface area (Å²) in [5.74, 6) is 0.414. The Labute approximate surface area is 77.8 Å². The molecule has 1 N–H and O–H groups in total. The van der Waals surface area contributed by atoms with Crippen LogP contribution in [0.3, 0.4) is 0 Å². The fourth-order valence-corrected chi connectivity index (χ4v) is 1.55. The maximum atomic E-state index is 9.83. The number of hydrogen-bond donors (Lipinski definition) is 1. The number of aliphatic hydroxyl groups is 1. The molecule has 3 heteroatoms. The summed E-state index contributed by atoms with van der Waals surface area (Å²) in [6, 6.07) is 0. The molecular formula is C10H14N2O. The van der Waals surface area contributed by atoms with Gasteiger partial charge in [0.15, 0.2) is 0 Å². The van der Waals surface area contributed by atoms with Crippen molar-refractivity contribution >= 4 is 0 Å². The number of hydrogen-bond acceptors (Lipinski definition) is 3. The standard InChI is InChI=1S/C10H14N2O/c1-7-5-12-9(6-11-7)10(13)8-3-2-4-8/h5-6,8,10,13H,2-4H2,1H3. The van der Waals surface area contributed by atoms with E-state index in [0.29, 0.717) is 5.92 Å². The molecule has 0 aliphatic heterocycles. The van der Waals surface area contributed by atoms with E-state index in [-0.39, 0.29) is 0 Å². The molecule has 1 aromatic heterocycles. The Morgan fingerprint density at radius 3 is 2.62 bits per heavy atom. The van der Waals surface area contributed by atoms with Crippen LogP contribution in [-0.4, -0.2) is 15.1 Å². The molecule has 0 amide bonds. The SMILES string of the molecule is Cc1cnc(C(O)C2CCC2)cn1. The molecular weight excluding hydrogens is 164 g/mol. The molecule has 0 spiro atoms. The first-order valence-electron chi connectivity index (χ1n) is 4.74. The lowest BCUT2D eigenvalue weighted by Gasteiger charge is -2.29. The van der Waals surface area contributed by atoms with Crippen molar-refractivity contribution in [2.24, 2.45) is 5.92 Å². The lowest BCUT2D eigenvalue weighted by atomic mass is 9.80. The zero-order valence-electron chi connectivity index (χ0n) is 7.77. The van der Waals surface area contributed by atoms with Crippen molar-refractivity contribution in [3.63, 3.8) is 0 Å². The maximum Gasteiger partial charge on any atom is 0.100 e. The van der Waals surface area contributed by atoms with E-state index in [4.69, 9.17) is 0 Å². The van der Waals surface area contributed by atoms with Crippen LogP contribution in [0.1, 0.15) is 36.8 Å². The minimum atomic E-state index is -0.401. The molecule has 1 heterocycles. The molecule has 1 aromatic rings. The molecule has 70 valence electrons. The van der Waals surface area contributed by atoms with Crippen LogP contribution in [-0.2, 0) is 0 Å². The van der Waals surface area contributed by atoms with Crippen LogP contribution in [0.4, 0.5) is 0 Å². The zero-order chi connectivity index (χ0) is 9.26. The highest BCUT2D eigenvalue weighted by atomic mass is 16.3. The van der Waals surface area contributed by atoms with Crippen molar-refractivity contribution in [1.82, 2.24) is 9.97 Å². The summed E-state index contributed by atoms with van der Waals surface area (Å²) in [6.07, 6.45) is 6.46. The van der Waals surface area contributed by atoms with Crippen molar-refractivity contribution in [2.75, 3.05) is 0 Å². The first-order chi connectivity index (χ1) is 6.27. The highest BCUT2D eigenvalue weighted by molar-refractivity contribution is 5.05. The van der Waals surface area contributed by atoms with Crippen LogP contribution in [0.2, 0.25) is 0 Å². The number of rotatable bonds is 2. The average molecular weight is 178 g/mol. The molecule has 0 radical (unpaired) electrons. The predicted octanol–water partition coefficient (Wildman–Crippen LogP) is 1.62. The molecule has 0 aromatic carbocycles. The Kier molecular flexibility index (Phi) is 2.27. The lowest BCUT2D eigenvalue weighted by molar-refractivity contribution is 0.0583. The minimum absolute atomic E-state index is 0.401. The van der Waals surface area contributed by atoms with Crippen LogP contribution < -0.4 is 0 Å². The first-order valence-corrected chi connectivity index (χ1v) is 4.74. The van der Waals surface area contributed by atoms with E-state index in [9.17, 15) is 5.11 Å². The second kappa shape index (κ2) is 3.42. The van der Waals surface area contributed by atoms with E-state index in [1.807, 2.05) is 6.92 Å². The van der Waals surface area contributed by atoms with Gasteiger partial charge in [0.1, 0.15) is 6.10 Å². The van der Waals surface area contributed by atoms with Crippen molar-refractivity contribution in [3.05, 3.63) is 23.8 Å². The molecule has 1 aliphatic carbocycles. The normalized spacial score (nSPS) is 19.5. The Morgan fingerprint density at radius 1 is 1.38 bits per heavy atom. The van der Waals surface area contributed by atoms with E-state index >= 15 is 0 Å². The van der Waals surface area contributed by atoms with Crippen LogP contribution >= 0.6 is 0 Å². The fourth-order valence-electron chi connectivity index (χ4n) is 1.55. The summed E-state index contributed by atoms with van der Waals surface area (Å²) < 4.78 is 0. The Bertz CT molecular complexity index is 279. The molecule has 2 rings (SSSR count). The molecule has 1 unspecified atom stereocenters. The number of nitrogens with zero attached hydrogens (tertiary/aromatic N) is 2. The van der Waals surface area contributed by atoms with Gasteiger partial charge in [-0.15, -0.1) is 0 Å². The summed E-state index contributed by atoms with van der Waals surface area (Å²) in [6.45, 7) is 1.90. The number of aryl methyl sites for hydroxylation is 1. The van der Waals surface area contributed by atoms with Crippen molar-refractivity contribution in [2.45, 2.75) is 32.3 Å². The van der Waals surface area contributed by atoms with Crippen molar-refractivity contribution < 1.29 is 5.11 Å².